The molecule has 0 aliphatic heterocycles. The van der Waals surface area contributed by atoms with E-state index in [0.717, 1.165) is 10.4 Å². The van der Waals surface area contributed by atoms with E-state index in [9.17, 15) is 23.1 Å². The summed E-state index contributed by atoms with van der Waals surface area (Å²) < 4.78 is 38.9. The number of carboxylic acids is 1. The van der Waals surface area contributed by atoms with Crippen molar-refractivity contribution in [3.8, 4) is 0 Å². The first-order valence-corrected chi connectivity index (χ1v) is 20.1. The Morgan fingerprint density at radius 2 is 1.38 bits per heavy atom. The van der Waals surface area contributed by atoms with Gasteiger partial charge in [0.2, 0.25) is 0 Å². The molecule has 3 aromatic rings. The summed E-state index contributed by atoms with van der Waals surface area (Å²) in [6, 6.07) is 27.4. The van der Waals surface area contributed by atoms with E-state index in [2.05, 4.69) is 45.0 Å². The van der Waals surface area contributed by atoms with Gasteiger partial charge < -0.3 is 14.3 Å². The van der Waals surface area contributed by atoms with Crippen LogP contribution in [0, 0.1) is 5.41 Å². The molecule has 0 heterocycles. The Labute approximate surface area is 282 Å². The number of carbonyl (C=O) groups is 2. The van der Waals surface area contributed by atoms with Crippen molar-refractivity contribution in [1.29, 1.82) is 0 Å². The second kappa shape index (κ2) is 15.7. The quantitative estimate of drug-likeness (QED) is 0.131. The third kappa shape index (κ3) is 9.87. The molecular weight excluding hydrogens is 629 g/mol. The third-order valence-electron chi connectivity index (χ3n) is 8.96. The SMILES string of the molecule is CCOC(=O)Cc1cccc([C@@](C)(CCCC(C)(C)CS(=O)(=O)CCO[Si](c2ccccc2)(c2ccccc2)C(C)(C)C)C(=O)O)c1. The molecule has 0 unspecified atom stereocenters. The molecule has 1 N–H and O–H groups in total. The molecule has 3 aromatic carbocycles. The number of hydrogen-bond donors (Lipinski definition) is 1. The van der Waals surface area contributed by atoms with E-state index in [0.29, 0.717) is 30.4 Å². The Morgan fingerprint density at radius 1 is 0.809 bits per heavy atom. The Kier molecular flexibility index (Phi) is 12.8. The number of esters is 1. The van der Waals surface area contributed by atoms with Gasteiger partial charge in [-0.2, -0.15) is 0 Å². The van der Waals surface area contributed by atoms with Gasteiger partial charge in [0, 0.05) is 6.61 Å². The molecule has 9 heteroatoms. The second-order valence-electron chi connectivity index (χ2n) is 14.4. The zero-order valence-corrected chi connectivity index (χ0v) is 30.9. The average molecular weight is 681 g/mol. The molecule has 0 aromatic heterocycles. The molecule has 0 spiro atoms. The number of aliphatic carboxylic acids is 1. The van der Waals surface area contributed by atoms with Gasteiger partial charge in [-0.1, -0.05) is 126 Å². The highest BCUT2D eigenvalue weighted by Gasteiger charge is 2.50. The summed E-state index contributed by atoms with van der Waals surface area (Å²) in [5.74, 6) is -1.44. The fourth-order valence-electron chi connectivity index (χ4n) is 6.52. The van der Waals surface area contributed by atoms with Gasteiger partial charge in [0.1, 0.15) is 0 Å². The molecule has 0 bridgehead atoms. The second-order valence-corrected chi connectivity index (χ2v) is 20.9. The van der Waals surface area contributed by atoms with Crippen molar-refractivity contribution in [2.24, 2.45) is 5.41 Å². The first-order valence-electron chi connectivity index (χ1n) is 16.4. The van der Waals surface area contributed by atoms with Gasteiger partial charge in [-0.15, -0.1) is 0 Å². The van der Waals surface area contributed by atoms with Gasteiger partial charge >= 0.3 is 11.9 Å². The highest BCUT2D eigenvalue weighted by molar-refractivity contribution is 7.91. The van der Waals surface area contributed by atoms with Crippen LogP contribution in [0.15, 0.2) is 84.9 Å². The van der Waals surface area contributed by atoms with E-state index in [-0.39, 0.29) is 42.1 Å². The minimum absolute atomic E-state index is 0.0249. The molecule has 1 atom stereocenters. The zero-order chi connectivity index (χ0) is 34.9. The molecular formula is C38H52O7SSi. The molecule has 0 radical (unpaired) electrons. The zero-order valence-electron chi connectivity index (χ0n) is 29.0. The smallest absolute Gasteiger partial charge is 0.313 e. The minimum atomic E-state index is -3.49. The number of ether oxygens (including phenoxy) is 1. The molecule has 47 heavy (non-hydrogen) atoms. The lowest BCUT2D eigenvalue weighted by Gasteiger charge is -2.43. The van der Waals surface area contributed by atoms with Crippen LogP contribution in [0.4, 0.5) is 0 Å². The van der Waals surface area contributed by atoms with Crippen LogP contribution >= 0.6 is 0 Å². The summed E-state index contributed by atoms with van der Waals surface area (Å²) >= 11 is 0. The van der Waals surface area contributed by atoms with E-state index >= 15 is 0 Å². The summed E-state index contributed by atoms with van der Waals surface area (Å²) in [6.45, 7) is 14.1. The number of benzene rings is 3. The number of carboxylic acid groups (broad SMARTS) is 1. The number of hydrogen-bond acceptors (Lipinski definition) is 6. The van der Waals surface area contributed by atoms with Crippen molar-refractivity contribution in [1.82, 2.24) is 0 Å². The average Bonchev–Trinajstić information content (AvgIpc) is 2.99. The van der Waals surface area contributed by atoms with Gasteiger partial charge in [-0.25, -0.2) is 8.42 Å². The number of sulfone groups is 1. The molecule has 7 nitrogen and oxygen atoms in total. The summed E-state index contributed by atoms with van der Waals surface area (Å²) in [5, 5.41) is 12.2. The van der Waals surface area contributed by atoms with Crippen molar-refractivity contribution in [3.05, 3.63) is 96.1 Å². The van der Waals surface area contributed by atoms with Crippen LogP contribution in [0.3, 0.4) is 0 Å². The summed E-state index contributed by atoms with van der Waals surface area (Å²) in [4.78, 5) is 24.5. The predicted octanol–water partition coefficient (Wildman–Crippen LogP) is 6.32. The Morgan fingerprint density at radius 3 is 1.89 bits per heavy atom. The van der Waals surface area contributed by atoms with Gasteiger partial charge in [0.15, 0.2) is 9.84 Å². The topological polar surface area (TPSA) is 107 Å². The lowest BCUT2D eigenvalue weighted by atomic mass is 9.76. The maximum absolute atomic E-state index is 13.5. The molecule has 256 valence electrons. The Bertz CT molecular complexity index is 1540. The summed E-state index contributed by atoms with van der Waals surface area (Å²) in [5.41, 5.74) is -0.456. The molecule has 0 amide bonds. The molecule has 0 aliphatic carbocycles. The highest BCUT2D eigenvalue weighted by Crippen LogP contribution is 2.37. The van der Waals surface area contributed by atoms with E-state index < -0.39 is 35.0 Å². The number of carbonyl (C=O) groups excluding carboxylic acids is 1. The molecule has 0 fully saturated rings. The van der Waals surface area contributed by atoms with Crippen molar-refractivity contribution >= 4 is 40.5 Å². The van der Waals surface area contributed by atoms with Gasteiger partial charge in [-0.05, 0) is 58.6 Å². The van der Waals surface area contributed by atoms with E-state index in [4.69, 9.17) is 9.16 Å². The van der Waals surface area contributed by atoms with Crippen LogP contribution in [0.2, 0.25) is 5.04 Å². The first kappa shape index (κ1) is 38.2. The normalized spacial score (nSPS) is 13.9. The monoisotopic (exact) mass is 680 g/mol. The van der Waals surface area contributed by atoms with Crippen molar-refractivity contribution in [2.75, 3.05) is 24.7 Å². The molecule has 0 saturated carbocycles. The third-order valence-corrected chi connectivity index (χ3v) is 16.0. The predicted molar refractivity (Wildman–Crippen MR) is 192 cm³/mol. The van der Waals surface area contributed by atoms with Crippen LogP contribution in [0.1, 0.15) is 78.9 Å². The summed E-state index contributed by atoms with van der Waals surface area (Å²) in [7, 11) is -6.35. The maximum Gasteiger partial charge on any atom is 0.313 e. The maximum atomic E-state index is 13.5. The van der Waals surface area contributed by atoms with Crippen LogP contribution < -0.4 is 10.4 Å². The molecule has 0 saturated heterocycles. The minimum Gasteiger partial charge on any atom is -0.481 e. The van der Waals surface area contributed by atoms with E-state index in [1.54, 1.807) is 38.1 Å². The van der Waals surface area contributed by atoms with Crippen molar-refractivity contribution < 1.29 is 32.3 Å². The fraction of sp³-hybridized carbons (Fsp3) is 0.474. The standard InChI is InChI=1S/C38H52O7SSi/c1-8-44-34(39)28-30-17-15-18-31(27-30)38(7,35(40)41)24-16-23-37(5,6)29-46(42,43)26-25-45-47(36(2,3)4,32-19-11-9-12-20-32)33-21-13-10-14-22-33/h9-15,17-22,27H,8,16,23-26,28-29H2,1-7H3,(H,40,41)/t38-/m1/s1. The van der Waals surface area contributed by atoms with Crippen LogP contribution in [-0.4, -0.2) is 58.5 Å². The van der Waals surface area contributed by atoms with Crippen molar-refractivity contribution in [2.45, 2.75) is 84.6 Å². The van der Waals surface area contributed by atoms with E-state index in [1.807, 2.05) is 50.2 Å². The Hall–Kier alpha value is -3.27. The van der Waals surface area contributed by atoms with E-state index in [1.165, 1.54) is 0 Å². The largest absolute Gasteiger partial charge is 0.481 e. The molecule has 0 aliphatic rings. The summed E-state index contributed by atoms with van der Waals surface area (Å²) in [6.07, 6.45) is 1.45. The number of rotatable bonds is 17. The van der Waals surface area contributed by atoms with Gasteiger partial charge in [-0.3, -0.25) is 9.59 Å². The van der Waals surface area contributed by atoms with Gasteiger partial charge in [0.05, 0.1) is 29.9 Å². The van der Waals surface area contributed by atoms with Crippen LogP contribution in [0.5, 0.6) is 0 Å². The van der Waals surface area contributed by atoms with Crippen LogP contribution in [-0.2, 0) is 40.4 Å². The first-order chi connectivity index (χ1) is 22.0. The molecule has 3 rings (SSSR count). The van der Waals surface area contributed by atoms with Crippen LogP contribution in [0.25, 0.3) is 0 Å². The van der Waals surface area contributed by atoms with Crippen molar-refractivity contribution in [3.63, 3.8) is 0 Å². The lowest BCUT2D eigenvalue weighted by molar-refractivity contribution is -0.143. The fourth-order valence-corrected chi connectivity index (χ4v) is 13.0. The highest BCUT2D eigenvalue weighted by atomic mass is 32.2. The Balaban J connectivity index is 1.70. The lowest BCUT2D eigenvalue weighted by Crippen LogP contribution is -2.66. The van der Waals surface area contributed by atoms with Gasteiger partial charge in [0.25, 0.3) is 8.32 Å².